The number of hydrogen-bond acceptors (Lipinski definition) is 4. The summed E-state index contributed by atoms with van der Waals surface area (Å²) in [5.74, 6) is 1.76. The molecule has 2 rings (SSSR count). The number of aromatic amines is 1. The molecular formula is C7H13ClN4O. The first-order chi connectivity index (χ1) is 5.77. The van der Waals surface area contributed by atoms with Crippen molar-refractivity contribution in [3.63, 3.8) is 0 Å². The van der Waals surface area contributed by atoms with Gasteiger partial charge in [-0.1, -0.05) is 0 Å². The van der Waals surface area contributed by atoms with Gasteiger partial charge in [-0.2, -0.15) is 5.10 Å². The smallest absolute Gasteiger partial charge is 0.157 e. The summed E-state index contributed by atoms with van der Waals surface area (Å²) in [7, 11) is 0. The van der Waals surface area contributed by atoms with E-state index in [2.05, 4.69) is 15.2 Å². The zero-order valence-electron chi connectivity index (χ0n) is 7.36. The minimum absolute atomic E-state index is 0. The number of aromatic nitrogens is 3. The molecule has 74 valence electrons. The monoisotopic (exact) mass is 204 g/mol. The molecular weight excluding hydrogens is 192 g/mol. The van der Waals surface area contributed by atoms with Crippen LogP contribution in [0.1, 0.15) is 17.6 Å². The zero-order chi connectivity index (χ0) is 8.55. The van der Waals surface area contributed by atoms with Crippen molar-refractivity contribution in [3.8, 4) is 0 Å². The third-order valence-electron chi connectivity index (χ3n) is 2.07. The number of nitrogens with one attached hydrogen (secondary N) is 1. The molecule has 0 unspecified atom stereocenters. The van der Waals surface area contributed by atoms with Crippen molar-refractivity contribution in [1.82, 2.24) is 15.2 Å². The first-order valence-electron chi connectivity index (χ1n) is 3.99. The van der Waals surface area contributed by atoms with Crippen molar-refractivity contribution >= 4 is 12.4 Å². The van der Waals surface area contributed by atoms with Crippen molar-refractivity contribution in [2.75, 3.05) is 13.2 Å². The molecule has 0 aliphatic carbocycles. The number of hydrogen-bond donors (Lipinski definition) is 2. The molecule has 0 aromatic carbocycles. The fourth-order valence-corrected chi connectivity index (χ4v) is 1.36. The van der Waals surface area contributed by atoms with Gasteiger partial charge in [-0.25, -0.2) is 4.98 Å². The summed E-state index contributed by atoms with van der Waals surface area (Å²) in [4.78, 5) is 4.22. The number of H-pyrrole nitrogens is 1. The SMILES string of the molecule is Cc1nc([C@@H]2COC[C@@H]2N)n[nH]1.Cl. The first kappa shape index (κ1) is 10.4. The summed E-state index contributed by atoms with van der Waals surface area (Å²) in [6.45, 7) is 3.12. The van der Waals surface area contributed by atoms with Gasteiger partial charge in [-0.3, -0.25) is 5.10 Å². The summed E-state index contributed by atoms with van der Waals surface area (Å²) in [5, 5.41) is 6.85. The van der Waals surface area contributed by atoms with Gasteiger partial charge < -0.3 is 10.5 Å². The topological polar surface area (TPSA) is 76.8 Å². The summed E-state index contributed by atoms with van der Waals surface area (Å²) in [6.07, 6.45) is 0. The fourth-order valence-electron chi connectivity index (χ4n) is 1.36. The highest BCUT2D eigenvalue weighted by Gasteiger charge is 2.29. The molecule has 2 atom stereocenters. The Hall–Kier alpha value is -0.650. The summed E-state index contributed by atoms with van der Waals surface area (Å²) < 4.78 is 5.21. The van der Waals surface area contributed by atoms with Crippen LogP contribution in [0.4, 0.5) is 0 Å². The van der Waals surface area contributed by atoms with Gasteiger partial charge in [0.2, 0.25) is 0 Å². The van der Waals surface area contributed by atoms with Gasteiger partial charge in [-0.05, 0) is 6.92 Å². The highest BCUT2D eigenvalue weighted by molar-refractivity contribution is 5.85. The van der Waals surface area contributed by atoms with Crippen LogP contribution in [0.3, 0.4) is 0 Å². The van der Waals surface area contributed by atoms with Gasteiger partial charge in [0.15, 0.2) is 5.82 Å². The lowest BCUT2D eigenvalue weighted by molar-refractivity contribution is 0.190. The Morgan fingerprint density at radius 3 is 2.77 bits per heavy atom. The van der Waals surface area contributed by atoms with Crippen LogP contribution >= 0.6 is 12.4 Å². The van der Waals surface area contributed by atoms with E-state index >= 15 is 0 Å². The Bertz CT molecular complexity index is 277. The number of ether oxygens (including phenoxy) is 1. The molecule has 6 heteroatoms. The van der Waals surface area contributed by atoms with E-state index in [1.807, 2.05) is 6.92 Å². The minimum atomic E-state index is 0. The van der Waals surface area contributed by atoms with Crippen LogP contribution in [-0.2, 0) is 4.74 Å². The fraction of sp³-hybridized carbons (Fsp3) is 0.714. The van der Waals surface area contributed by atoms with E-state index in [1.165, 1.54) is 0 Å². The van der Waals surface area contributed by atoms with Crippen LogP contribution < -0.4 is 5.73 Å². The maximum absolute atomic E-state index is 5.80. The third-order valence-corrected chi connectivity index (χ3v) is 2.07. The molecule has 1 aromatic rings. The third kappa shape index (κ3) is 1.99. The van der Waals surface area contributed by atoms with Gasteiger partial charge in [-0.15, -0.1) is 12.4 Å². The second-order valence-electron chi connectivity index (χ2n) is 3.09. The minimum Gasteiger partial charge on any atom is -0.379 e. The van der Waals surface area contributed by atoms with Gasteiger partial charge in [0.25, 0.3) is 0 Å². The highest BCUT2D eigenvalue weighted by Crippen LogP contribution is 2.20. The lowest BCUT2D eigenvalue weighted by Crippen LogP contribution is -2.27. The van der Waals surface area contributed by atoms with Crippen molar-refractivity contribution in [2.24, 2.45) is 5.73 Å². The molecule has 0 bridgehead atoms. The Labute approximate surface area is 82.5 Å². The molecule has 1 aromatic heterocycles. The second-order valence-corrected chi connectivity index (χ2v) is 3.09. The normalized spacial score (nSPS) is 27.2. The van der Waals surface area contributed by atoms with Gasteiger partial charge in [0.1, 0.15) is 5.82 Å². The van der Waals surface area contributed by atoms with Crippen LogP contribution in [0, 0.1) is 6.92 Å². The second kappa shape index (κ2) is 4.04. The molecule has 1 aliphatic rings. The van der Waals surface area contributed by atoms with Crippen molar-refractivity contribution in [2.45, 2.75) is 18.9 Å². The number of nitrogens with two attached hydrogens (primary N) is 1. The molecule has 1 saturated heterocycles. The van der Waals surface area contributed by atoms with Crippen LogP contribution in [0.2, 0.25) is 0 Å². The van der Waals surface area contributed by atoms with Crippen LogP contribution in [-0.4, -0.2) is 34.4 Å². The summed E-state index contributed by atoms with van der Waals surface area (Å²) in [6, 6.07) is 0.0419. The van der Waals surface area contributed by atoms with E-state index in [4.69, 9.17) is 10.5 Å². The van der Waals surface area contributed by atoms with Crippen molar-refractivity contribution < 1.29 is 4.74 Å². The molecule has 0 radical (unpaired) electrons. The lowest BCUT2D eigenvalue weighted by Gasteiger charge is -2.07. The average molecular weight is 205 g/mol. The van der Waals surface area contributed by atoms with E-state index in [9.17, 15) is 0 Å². The van der Waals surface area contributed by atoms with Crippen molar-refractivity contribution in [1.29, 1.82) is 0 Å². The number of aryl methyl sites for hydroxylation is 1. The van der Waals surface area contributed by atoms with Crippen LogP contribution in [0.25, 0.3) is 0 Å². The molecule has 3 N–H and O–H groups in total. The predicted molar refractivity (Wildman–Crippen MR) is 49.9 cm³/mol. The number of rotatable bonds is 1. The largest absolute Gasteiger partial charge is 0.379 e. The Kier molecular flexibility index (Phi) is 3.24. The molecule has 0 spiro atoms. The Morgan fingerprint density at radius 2 is 2.31 bits per heavy atom. The Morgan fingerprint density at radius 1 is 1.54 bits per heavy atom. The maximum atomic E-state index is 5.80. The Balaban J connectivity index is 0.000000845. The van der Waals surface area contributed by atoms with Gasteiger partial charge in [0, 0.05) is 6.04 Å². The molecule has 2 heterocycles. The average Bonchev–Trinajstić information content (AvgIpc) is 2.58. The van der Waals surface area contributed by atoms with E-state index in [0.717, 1.165) is 11.6 Å². The van der Waals surface area contributed by atoms with Crippen molar-refractivity contribution in [3.05, 3.63) is 11.6 Å². The first-order valence-corrected chi connectivity index (χ1v) is 3.99. The maximum Gasteiger partial charge on any atom is 0.157 e. The quantitative estimate of drug-likeness (QED) is 0.674. The summed E-state index contributed by atoms with van der Waals surface area (Å²) >= 11 is 0. The van der Waals surface area contributed by atoms with E-state index in [1.54, 1.807) is 0 Å². The zero-order valence-corrected chi connectivity index (χ0v) is 8.17. The predicted octanol–water partition coefficient (Wildman–Crippen LogP) is -0.0240. The molecule has 0 saturated carbocycles. The standard InChI is InChI=1S/C7H12N4O.ClH/c1-4-9-7(11-10-4)5-2-12-3-6(5)8;/h5-6H,2-3,8H2,1H3,(H,9,10,11);1H/t5-,6+;/m1./s1. The summed E-state index contributed by atoms with van der Waals surface area (Å²) in [5.41, 5.74) is 5.80. The number of halogens is 1. The van der Waals surface area contributed by atoms with Crippen LogP contribution in [0.5, 0.6) is 0 Å². The van der Waals surface area contributed by atoms with E-state index < -0.39 is 0 Å². The van der Waals surface area contributed by atoms with E-state index in [0.29, 0.717) is 13.2 Å². The molecule has 1 fully saturated rings. The molecule has 13 heavy (non-hydrogen) atoms. The molecule has 5 nitrogen and oxygen atoms in total. The highest BCUT2D eigenvalue weighted by atomic mass is 35.5. The lowest BCUT2D eigenvalue weighted by atomic mass is 10.0. The van der Waals surface area contributed by atoms with Crippen LogP contribution in [0.15, 0.2) is 0 Å². The van der Waals surface area contributed by atoms with Gasteiger partial charge in [0.05, 0.1) is 19.1 Å². The van der Waals surface area contributed by atoms with Gasteiger partial charge >= 0.3 is 0 Å². The van der Waals surface area contributed by atoms with E-state index in [-0.39, 0.29) is 24.4 Å². The molecule has 0 amide bonds. The number of nitrogens with zero attached hydrogens (tertiary/aromatic N) is 2. The molecule has 1 aliphatic heterocycles.